The summed E-state index contributed by atoms with van der Waals surface area (Å²) in [5, 5.41) is 8.88. The molecule has 0 aliphatic carbocycles. The minimum absolute atomic E-state index is 0.686. The van der Waals surface area contributed by atoms with Gasteiger partial charge in [-0.1, -0.05) is 0 Å². The molecular formula is C12H8N2O3. The van der Waals surface area contributed by atoms with E-state index in [-0.39, 0.29) is 0 Å². The molecular weight excluding hydrogens is 220 g/mol. The number of nitrogens with zero attached hydrogens (tertiary/aromatic N) is 2. The highest BCUT2D eigenvalue weighted by Gasteiger charge is 2.10. The quantitative estimate of drug-likeness (QED) is 0.752. The molecule has 0 spiro atoms. The van der Waals surface area contributed by atoms with Gasteiger partial charge in [0.15, 0.2) is 12.0 Å². The number of oxazole rings is 1. The molecule has 0 radical (unpaired) electrons. The maximum Gasteiger partial charge on any atom is 0.415 e. The molecule has 17 heavy (non-hydrogen) atoms. The number of rotatable bonds is 0. The smallest absolute Gasteiger partial charge is 0.415 e. The monoisotopic (exact) mass is 228 g/mol. The van der Waals surface area contributed by atoms with Crippen LogP contribution in [0.25, 0.3) is 23.3 Å². The van der Waals surface area contributed by atoms with Gasteiger partial charge in [0.25, 0.3) is 0 Å². The van der Waals surface area contributed by atoms with Crippen LogP contribution in [-0.4, -0.2) is 21.1 Å². The van der Waals surface area contributed by atoms with E-state index in [1.165, 1.54) is 18.8 Å². The third-order valence-electron chi connectivity index (χ3n) is 2.59. The summed E-state index contributed by atoms with van der Waals surface area (Å²) in [6.45, 7) is 0. The van der Waals surface area contributed by atoms with Crippen molar-refractivity contribution in [2.75, 3.05) is 0 Å². The summed E-state index contributed by atoms with van der Waals surface area (Å²) in [4.78, 5) is 16.0. The van der Waals surface area contributed by atoms with Gasteiger partial charge in [0, 0.05) is 12.4 Å². The maximum atomic E-state index is 10.8. The highest BCUT2D eigenvalue weighted by Crippen LogP contribution is 2.23. The normalized spacial score (nSPS) is 13.8. The number of carboxylic acid groups (broad SMARTS) is 1. The molecule has 5 heteroatoms. The van der Waals surface area contributed by atoms with Crippen molar-refractivity contribution in [2.45, 2.75) is 0 Å². The Morgan fingerprint density at radius 1 is 1.24 bits per heavy atom. The molecule has 0 saturated heterocycles. The van der Waals surface area contributed by atoms with Crippen LogP contribution in [0.5, 0.6) is 0 Å². The third-order valence-corrected chi connectivity index (χ3v) is 2.59. The Hall–Kier alpha value is -2.56. The average molecular weight is 228 g/mol. The lowest BCUT2D eigenvalue weighted by atomic mass is 10.1. The van der Waals surface area contributed by atoms with Gasteiger partial charge < -0.3 is 9.52 Å². The molecule has 1 aromatic heterocycles. The fourth-order valence-corrected chi connectivity index (χ4v) is 1.72. The molecule has 2 aromatic rings. The highest BCUT2D eigenvalue weighted by atomic mass is 16.4. The predicted octanol–water partition coefficient (Wildman–Crippen LogP) is 2.76. The molecule has 0 atom stereocenters. The average Bonchev–Trinajstić information content (AvgIpc) is 2.64. The summed E-state index contributed by atoms with van der Waals surface area (Å²) >= 11 is 0. The van der Waals surface area contributed by atoms with E-state index in [2.05, 4.69) is 4.98 Å². The summed E-state index contributed by atoms with van der Waals surface area (Å²) in [7, 11) is 0. The van der Waals surface area contributed by atoms with Crippen molar-refractivity contribution in [3.8, 4) is 0 Å². The van der Waals surface area contributed by atoms with Crippen LogP contribution in [-0.2, 0) is 0 Å². The highest BCUT2D eigenvalue weighted by molar-refractivity contribution is 5.83. The lowest BCUT2D eigenvalue weighted by molar-refractivity contribution is 0.176. The molecule has 0 fully saturated rings. The number of fused-ring (bicyclic) bond motifs is 2. The summed E-state index contributed by atoms with van der Waals surface area (Å²) in [6, 6.07) is 3.70. The fourth-order valence-electron chi connectivity index (χ4n) is 1.72. The Kier molecular flexibility index (Phi) is 1.98. The Balaban J connectivity index is 2.15. The minimum Gasteiger partial charge on any atom is -0.464 e. The van der Waals surface area contributed by atoms with Gasteiger partial charge in [0.05, 0.1) is 0 Å². The second-order valence-corrected chi connectivity index (χ2v) is 3.62. The molecule has 3 rings (SSSR count). The molecule has 0 saturated carbocycles. The molecule has 0 bridgehead atoms. The fraction of sp³-hybridized carbons (Fsp3) is 0. The van der Waals surface area contributed by atoms with Crippen LogP contribution in [0.2, 0.25) is 0 Å². The van der Waals surface area contributed by atoms with Gasteiger partial charge in [-0.3, -0.25) is 4.90 Å². The maximum absolute atomic E-state index is 10.8. The molecule has 1 aliphatic heterocycles. The molecule has 84 valence electrons. The van der Waals surface area contributed by atoms with E-state index in [0.717, 1.165) is 21.5 Å². The summed E-state index contributed by atoms with van der Waals surface area (Å²) < 4.78 is 5.20. The molecule has 1 aromatic carbocycles. The predicted molar refractivity (Wildman–Crippen MR) is 61.9 cm³/mol. The molecule has 1 aliphatic rings. The van der Waals surface area contributed by atoms with Crippen LogP contribution in [0.4, 0.5) is 4.79 Å². The van der Waals surface area contributed by atoms with Gasteiger partial charge in [0.1, 0.15) is 5.52 Å². The topological polar surface area (TPSA) is 66.6 Å². The number of aromatic nitrogens is 1. The number of benzene rings is 1. The van der Waals surface area contributed by atoms with Gasteiger partial charge in [-0.05, 0) is 35.4 Å². The number of carbonyl (C=O) groups is 1. The van der Waals surface area contributed by atoms with Gasteiger partial charge in [-0.25, -0.2) is 9.78 Å². The van der Waals surface area contributed by atoms with E-state index in [1.54, 1.807) is 12.2 Å². The van der Waals surface area contributed by atoms with Crippen molar-refractivity contribution in [3.05, 3.63) is 42.1 Å². The molecule has 0 unspecified atom stereocenters. The summed E-state index contributed by atoms with van der Waals surface area (Å²) in [5.41, 5.74) is 3.25. The molecule has 5 nitrogen and oxygen atoms in total. The van der Waals surface area contributed by atoms with Crippen molar-refractivity contribution < 1.29 is 14.3 Å². The zero-order chi connectivity index (χ0) is 11.8. The second-order valence-electron chi connectivity index (χ2n) is 3.62. The molecule has 1 amide bonds. The van der Waals surface area contributed by atoms with Crippen LogP contribution in [0.15, 0.2) is 35.3 Å². The Bertz CT molecular complexity index is 607. The van der Waals surface area contributed by atoms with E-state index >= 15 is 0 Å². The Morgan fingerprint density at radius 2 is 1.94 bits per heavy atom. The summed E-state index contributed by atoms with van der Waals surface area (Å²) in [6.07, 6.45) is 6.82. The van der Waals surface area contributed by atoms with Crippen LogP contribution < -0.4 is 0 Å². The molecule has 1 N–H and O–H groups in total. The van der Waals surface area contributed by atoms with Crippen LogP contribution in [0, 0.1) is 0 Å². The zero-order valence-corrected chi connectivity index (χ0v) is 8.70. The lowest BCUT2D eigenvalue weighted by Crippen LogP contribution is -2.15. The van der Waals surface area contributed by atoms with Crippen LogP contribution in [0.1, 0.15) is 11.1 Å². The first-order chi connectivity index (χ1) is 8.24. The van der Waals surface area contributed by atoms with Gasteiger partial charge in [0.2, 0.25) is 0 Å². The van der Waals surface area contributed by atoms with Gasteiger partial charge in [-0.15, -0.1) is 0 Å². The number of hydrogen-bond donors (Lipinski definition) is 1. The largest absolute Gasteiger partial charge is 0.464 e. The number of amides is 1. The van der Waals surface area contributed by atoms with Crippen molar-refractivity contribution in [2.24, 2.45) is 0 Å². The van der Waals surface area contributed by atoms with Crippen LogP contribution >= 0.6 is 0 Å². The van der Waals surface area contributed by atoms with E-state index in [4.69, 9.17) is 9.52 Å². The van der Waals surface area contributed by atoms with Crippen molar-refractivity contribution in [1.29, 1.82) is 0 Å². The van der Waals surface area contributed by atoms with Crippen molar-refractivity contribution >= 4 is 29.3 Å². The Labute approximate surface area is 96.3 Å². The van der Waals surface area contributed by atoms with E-state index in [0.29, 0.717) is 5.58 Å². The first kappa shape index (κ1) is 9.65. The lowest BCUT2D eigenvalue weighted by Gasteiger charge is -2.05. The van der Waals surface area contributed by atoms with Gasteiger partial charge >= 0.3 is 6.09 Å². The zero-order valence-electron chi connectivity index (χ0n) is 8.70. The second kappa shape index (κ2) is 3.48. The van der Waals surface area contributed by atoms with E-state index in [1.807, 2.05) is 12.1 Å². The Morgan fingerprint density at radius 3 is 2.65 bits per heavy atom. The van der Waals surface area contributed by atoms with Crippen molar-refractivity contribution in [3.63, 3.8) is 0 Å². The van der Waals surface area contributed by atoms with E-state index in [9.17, 15) is 4.79 Å². The third kappa shape index (κ3) is 1.57. The minimum atomic E-state index is -1.02. The summed E-state index contributed by atoms with van der Waals surface area (Å²) in [5.74, 6) is 0. The van der Waals surface area contributed by atoms with E-state index < -0.39 is 6.09 Å². The first-order valence-corrected chi connectivity index (χ1v) is 4.99. The first-order valence-electron chi connectivity index (χ1n) is 4.99. The SMILES string of the molecule is O=C(O)N1C=Cc2cc3ncoc3cc2C=C1. The van der Waals surface area contributed by atoms with Crippen molar-refractivity contribution in [1.82, 2.24) is 9.88 Å². The van der Waals surface area contributed by atoms with Gasteiger partial charge in [-0.2, -0.15) is 0 Å². The molecule has 2 heterocycles. The van der Waals surface area contributed by atoms with Crippen LogP contribution in [0.3, 0.4) is 0 Å². The number of hydrogen-bond acceptors (Lipinski definition) is 3. The standard InChI is InChI=1S/C12H8N2O3/c15-12(16)14-3-1-8-5-10-11(17-7-13-10)6-9(8)2-4-14/h1-7H,(H,15,16).